The van der Waals surface area contributed by atoms with E-state index in [1.165, 1.54) is 0 Å². The third-order valence-electron chi connectivity index (χ3n) is 0.450. The molecular weight excluding hydrogens is 76.1 g/mol. The summed E-state index contributed by atoms with van der Waals surface area (Å²) in [4.78, 5) is 0. The van der Waals surface area contributed by atoms with E-state index >= 15 is 0 Å². The molecule has 1 radical (unpaired) electrons. The second-order valence-corrected chi connectivity index (χ2v) is 0.940. The molecule has 0 N–H and O–H groups in total. The van der Waals surface area contributed by atoms with E-state index < -0.39 is 0 Å². The van der Waals surface area contributed by atoms with Gasteiger partial charge >= 0.3 is 0 Å². The van der Waals surface area contributed by atoms with Gasteiger partial charge in [-0.25, -0.2) is 0 Å². The van der Waals surface area contributed by atoms with Crippen LogP contribution in [0.2, 0.25) is 0 Å². The summed E-state index contributed by atoms with van der Waals surface area (Å²) in [5.74, 6) is 0. The lowest BCUT2D eigenvalue weighted by atomic mass is 10.6. The van der Waals surface area contributed by atoms with Crippen LogP contribution in [0, 0.1) is 7.11 Å². The highest BCUT2D eigenvalue weighted by Gasteiger charge is 1.62. The highest BCUT2D eigenvalue weighted by molar-refractivity contribution is 4.75. The Morgan fingerprint density at radius 3 is 2.67 bits per heavy atom. The van der Waals surface area contributed by atoms with E-state index in [4.69, 9.17) is 0 Å². The Morgan fingerprint density at radius 2 is 2.50 bits per heavy atom. The van der Waals surface area contributed by atoms with Crippen molar-refractivity contribution in [2.24, 2.45) is 0 Å². The van der Waals surface area contributed by atoms with Crippen LogP contribution in [0.25, 0.3) is 0 Å². The van der Waals surface area contributed by atoms with Crippen LogP contribution in [0.1, 0.15) is 6.92 Å². The lowest BCUT2D eigenvalue weighted by molar-refractivity contribution is 0.281. The molecule has 0 aliphatic rings. The number of hydrogen-bond acceptors (Lipinski definition) is 1. The molecule has 0 fully saturated rings. The van der Waals surface area contributed by atoms with Crippen LogP contribution in [0.5, 0.6) is 0 Å². The lowest BCUT2D eigenvalue weighted by Gasteiger charge is -1.81. The smallest absolute Gasteiger partial charge is 0.0704 e. The fourth-order valence-electron chi connectivity index (χ4n) is 0.164. The highest BCUT2D eigenvalue weighted by atomic mass is 16.5. The Balaban J connectivity index is 2.66. The summed E-state index contributed by atoms with van der Waals surface area (Å²) in [6, 6.07) is 0. The second-order valence-electron chi connectivity index (χ2n) is 0.940. The van der Waals surface area contributed by atoms with Gasteiger partial charge in [-0.1, -0.05) is 12.2 Å². The fraction of sp³-hybridized carbons (Fsp3) is 0.400. The van der Waals surface area contributed by atoms with Crippen molar-refractivity contribution in [1.29, 1.82) is 0 Å². The predicted octanol–water partition coefficient (Wildman–Crippen LogP) is 1.37. The maximum Gasteiger partial charge on any atom is 0.0704 e. The van der Waals surface area contributed by atoms with Gasteiger partial charge in [0.25, 0.3) is 0 Å². The zero-order valence-electron chi connectivity index (χ0n) is 3.98. The van der Waals surface area contributed by atoms with Crippen LogP contribution in [0.15, 0.2) is 12.2 Å². The highest BCUT2D eigenvalue weighted by Crippen LogP contribution is 1.70. The van der Waals surface area contributed by atoms with E-state index in [0.717, 1.165) is 0 Å². The minimum absolute atomic E-state index is 0.622. The van der Waals surface area contributed by atoms with Gasteiger partial charge in [0, 0.05) is 0 Å². The minimum atomic E-state index is 0.622. The summed E-state index contributed by atoms with van der Waals surface area (Å²) in [5, 5.41) is 0. The van der Waals surface area contributed by atoms with Gasteiger partial charge in [0.05, 0.1) is 13.7 Å². The molecule has 0 saturated carbocycles. The van der Waals surface area contributed by atoms with Gasteiger partial charge in [-0.2, -0.15) is 0 Å². The normalized spacial score (nSPS) is 10.3. The quantitative estimate of drug-likeness (QED) is 0.460. The van der Waals surface area contributed by atoms with Crippen LogP contribution in [0.3, 0.4) is 0 Å². The molecule has 0 rings (SSSR count). The van der Waals surface area contributed by atoms with E-state index in [1.807, 2.05) is 19.1 Å². The van der Waals surface area contributed by atoms with Crippen molar-refractivity contribution >= 4 is 0 Å². The van der Waals surface area contributed by atoms with Crippen molar-refractivity contribution in [2.45, 2.75) is 6.92 Å². The molecule has 0 aromatic rings. The zero-order valence-corrected chi connectivity index (χ0v) is 3.98. The Hall–Kier alpha value is -0.300. The SMILES string of the molecule is [CH2]OCC=CC. The Morgan fingerprint density at radius 1 is 1.83 bits per heavy atom. The summed E-state index contributed by atoms with van der Waals surface area (Å²) < 4.78 is 4.45. The van der Waals surface area contributed by atoms with Gasteiger partial charge in [-0.3, -0.25) is 0 Å². The van der Waals surface area contributed by atoms with E-state index in [0.29, 0.717) is 6.61 Å². The standard InChI is InChI=1S/C5H9O/c1-3-4-5-6-2/h3-4H,2,5H2,1H3. The van der Waals surface area contributed by atoms with Gasteiger partial charge in [0.1, 0.15) is 0 Å². The molecule has 0 aliphatic carbocycles. The predicted molar refractivity (Wildman–Crippen MR) is 26.1 cm³/mol. The van der Waals surface area contributed by atoms with E-state index in [-0.39, 0.29) is 0 Å². The van der Waals surface area contributed by atoms with Gasteiger partial charge in [0.15, 0.2) is 0 Å². The first-order valence-electron chi connectivity index (χ1n) is 1.90. The topological polar surface area (TPSA) is 9.23 Å². The van der Waals surface area contributed by atoms with Crippen molar-refractivity contribution < 1.29 is 4.74 Å². The van der Waals surface area contributed by atoms with Crippen molar-refractivity contribution in [3.8, 4) is 0 Å². The molecule has 35 valence electrons. The lowest BCUT2D eigenvalue weighted by Crippen LogP contribution is -1.74. The molecule has 0 atom stereocenters. The van der Waals surface area contributed by atoms with Crippen LogP contribution >= 0.6 is 0 Å². The van der Waals surface area contributed by atoms with Crippen molar-refractivity contribution in [1.82, 2.24) is 0 Å². The van der Waals surface area contributed by atoms with E-state index in [2.05, 4.69) is 11.8 Å². The number of ether oxygens (including phenoxy) is 1. The molecule has 1 nitrogen and oxygen atoms in total. The maximum absolute atomic E-state index is 4.45. The first-order chi connectivity index (χ1) is 2.91. The third kappa shape index (κ3) is 3.70. The minimum Gasteiger partial charge on any atom is -0.375 e. The molecule has 1 heteroatoms. The average Bonchev–Trinajstić information content (AvgIpc) is 1.61. The first kappa shape index (κ1) is 5.70. The van der Waals surface area contributed by atoms with Crippen LogP contribution in [-0.4, -0.2) is 6.61 Å². The third-order valence-corrected chi connectivity index (χ3v) is 0.450. The van der Waals surface area contributed by atoms with Crippen molar-refractivity contribution in [2.75, 3.05) is 6.61 Å². The van der Waals surface area contributed by atoms with Gasteiger partial charge in [0.2, 0.25) is 0 Å². The van der Waals surface area contributed by atoms with Crippen LogP contribution < -0.4 is 0 Å². The summed E-state index contributed by atoms with van der Waals surface area (Å²) >= 11 is 0. The Labute approximate surface area is 38.6 Å². The molecule has 0 amide bonds. The Bertz CT molecular complexity index is 39.2. The van der Waals surface area contributed by atoms with E-state index in [9.17, 15) is 0 Å². The number of rotatable bonds is 2. The summed E-state index contributed by atoms with van der Waals surface area (Å²) in [6.45, 7) is 2.56. The van der Waals surface area contributed by atoms with Gasteiger partial charge in [-0.05, 0) is 6.92 Å². The van der Waals surface area contributed by atoms with Crippen molar-refractivity contribution in [3.63, 3.8) is 0 Å². The number of allylic oxidation sites excluding steroid dienone is 1. The molecule has 0 bridgehead atoms. The average molecular weight is 85.1 g/mol. The molecule has 0 spiro atoms. The molecule has 0 unspecified atom stereocenters. The molecule has 0 aromatic heterocycles. The molecule has 0 saturated heterocycles. The summed E-state index contributed by atoms with van der Waals surface area (Å²) in [7, 11) is 3.17. The summed E-state index contributed by atoms with van der Waals surface area (Å²) in [5.41, 5.74) is 0. The maximum atomic E-state index is 4.45. The molecule has 0 aromatic carbocycles. The van der Waals surface area contributed by atoms with Crippen molar-refractivity contribution in [3.05, 3.63) is 19.3 Å². The molecule has 0 heterocycles. The molecule has 6 heavy (non-hydrogen) atoms. The van der Waals surface area contributed by atoms with E-state index in [1.54, 1.807) is 0 Å². The summed E-state index contributed by atoms with van der Waals surface area (Å²) in [6.07, 6.45) is 3.82. The van der Waals surface area contributed by atoms with Crippen LogP contribution in [0.4, 0.5) is 0 Å². The Kier molecular flexibility index (Phi) is 4.46. The van der Waals surface area contributed by atoms with Gasteiger partial charge < -0.3 is 4.74 Å². The second kappa shape index (κ2) is 4.70. The fourth-order valence-corrected chi connectivity index (χ4v) is 0.164. The van der Waals surface area contributed by atoms with Crippen LogP contribution in [-0.2, 0) is 4.74 Å². The monoisotopic (exact) mass is 85.1 g/mol. The van der Waals surface area contributed by atoms with Gasteiger partial charge in [-0.15, -0.1) is 0 Å². The molecular formula is C5H9O. The number of hydrogen-bond donors (Lipinski definition) is 0. The zero-order chi connectivity index (χ0) is 4.83. The largest absolute Gasteiger partial charge is 0.375 e. The first-order valence-corrected chi connectivity index (χ1v) is 1.90. The molecule has 0 aliphatic heterocycles.